The fourth-order valence-corrected chi connectivity index (χ4v) is 2.25. The first-order chi connectivity index (χ1) is 9.15. The van der Waals surface area contributed by atoms with E-state index < -0.39 is 0 Å². The lowest BCUT2D eigenvalue weighted by molar-refractivity contribution is -0.119. The van der Waals surface area contributed by atoms with Gasteiger partial charge in [0.1, 0.15) is 5.76 Å². The molecule has 0 spiro atoms. The molecule has 6 heteroatoms. The Hall–Kier alpha value is -1.98. The van der Waals surface area contributed by atoms with E-state index in [1.54, 1.807) is 17.2 Å². The second-order valence-electron chi connectivity index (χ2n) is 4.72. The lowest BCUT2D eigenvalue weighted by atomic mass is 10.1. The van der Waals surface area contributed by atoms with Crippen LogP contribution in [0.25, 0.3) is 0 Å². The number of piperidine rings is 1. The van der Waals surface area contributed by atoms with Crippen LogP contribution in [0.2, 0.25) is 0 Å². The second kappa shape index (κ2) is 6.26. The van der Waals surface area contributed by atoms with Gasteiger partial charge < -0.3 is 20.0 Å². The van der Waals surface area contributed by atoms with Gasteiger partial charge in [-0.2, -0.15) is 0 Å². The summed E-state index contributed by atoms with van der Waals surface area (Å²) in [6.07, 6.45) is 3.40. The number of carbonyl (C=O) groups excluding carboxylic acids is 2. The molecule has 1 aromatic rings. The number of hydrogen-bond donors (Lipinski definition) is 2. The third-order valence-corrected chi connectivity index (χ3v) is 3.11. The fraction of sp³-hybridized carbons (Fsp3) is 0.538. The van der Waals surface area contributed by atoms with Gasteiger partial charge >= 0.3 is 6.03 Å². The van der Waals surface area contributed by atoms with Gasteiger partial charge in [-0.1, -0.05) is 0 Å². The van der Waals surface area contributed by atoms with E-state index >= 15 is 0 Å². The Labute approximate surface area is 112 Å². The van der Waals surface area contributed by atoms with Crippen molar-refractivity contribution in [1.29, 1.82) is 0 Å². The van der Waals surface area contributed by atoms with Crippen LogP contribution in [0.3, 0.4) is 0 Å². The first-order valence-corrected chi connectivity index (χ1v) is 6.47. The van der Waals surface area contributed by atoms with Crippen molar-refractivity contribution in [3.63, 3.8) is 0 Å². The zero-order valence-corrected chi connectivity index (χ0v) is 11.0. The standard InChI is InChI=1S/C13H19N3O3/c1-10(17)15-11-4-2-6-16(9-11)13(18)14-8-12-5-3-7-19-12/h3,5,7,11H,2,4,6,8-9H2,1H3,(H,14,18)(H,15,17)/t11-/m1/s1. The molecule has 104 valence electrons. The van der Waals surface area contributed by atoms with Crippen LogP contribution in [0.5, 0.6) is 0 Å². The topological polar surface area (TPSA) is 74.6 Å². The van der Waals surface area contributed by atoms with Gasteiger partial charge in [0, 0.05) is 26.1 Å². The van der Waals surface area contributed by atoms with Gasteiger partial charge in [0.2, 0.25) is 5.91 Å². The maximum atomic E-state index is 12.0. The molecular weight excluding hydrogens is 246 g/mol. The van der Waals surface area contributed by atoms with Crippen molar-refractivity contribution in [2.75, 3.05) is 13.1 Å². The molecule has 0 bridgehead atoms. The minimum Gasteiger partial charge on any atom is -0.467 e. The molecule has 0 radical (unpaired) electrons. The molecule has 2 heterocycles. The molecule has 1 saturated heterocycles. The van der Waals surface area contributed by atoms with Gasteiger partial charge in [0.05, 0.1) is 12.8 Å². The molecule has 1 aliphatic heterocycles. The molecule has 0 unspecified atom stereocenters. The van der Waals surface area contributed by atoms with Gasteiger partial charge in [-0.15, -0.1) is 0 Å². The van der Waals surface area contributed by atoms with Gasteiger partial charge in [-0.3, -0.25) is 4.79 Å². The SMILES string of the molecule is CC(=O)N[C@@H]1CCCN(C(=O)NCc2ccco2)C1. The lowest BCUT2D eigenvalue weighted by Gasteiger charge is -2.32. The Bertz CT molecular complexity index is 430. The van der Waals surface area contributed by atoms with E-state index in [9.17, 15) is 9.59 Å². The zero-order chi connectivity index (χ0) is 13.7. The van der Waals surface area contributed by atoms with Crippen LogP contribution in [0, 0.1) is 0 Å². The highest BCUT2D eigenvalue weighted by Crippen LogP contribution is 2.10. The van der Waals surface area contributed by atoms with Crippen molar-refractivity contribution in [3.05, 3.63) is 24.2 Å². The van der Waals surface area contributed by atoms with E-state index in [1.165, 1.54) is 6.92 Å². The molecule has 6 nitrogen and oxygen atoms in total. The van der Waals surface area contributed by atoms with Gasteiger partial charge in [-0.05, 0) is 25.0 Å². The highest BCUT2D eigenvalue weighted by Gasteiger charge is 2.23. The summed E-state index contributed by atoms with van der Waals surface area (Å²) in [4.78, 5) is 24.7. The van der Waals surface area contributed by atoms with Gasteiger partial charge in [0.15, 0.2) is 0 Å². The van der Waals surface area contributed by atoms with Crippen LogP contribution in [-0.4, -0.2) is 36.0 Å². The van der Waals surface area contributed by atoms with Crippen molar-refractivity contribution in [1.82, 2.24) is 15.5 Å². The first kappa shape index (κ1) is 13.5. The number of urea groups is 1. The number of hydrogen-bond acceptors (Lipinski definition) is 3. The smallest absolute Gasteiger partial charge is 0.317 e. The Morgan fingerprint density at radius 3 is 3.05 bits per heavy atom. The van der Waals surface area contributed by atoms with Crippen molar-refractivity contribution < 1.29 is 14.0 Å². The average Bonchev–Trinajstić information content (AvgIpc) is 2.88. The summed E-state index contributed by atoms with van der Waals surface area (Å²) in [7, 11) is 0. The highest BCUT2D eigenvalue weighted by molar-refractivity contribution is 5.75. The minimum atomic E-state index is -0.119. The van der Waals surface area contributed by atoms with Crippen molar-refractivity contribution in [3.8, 4) is 0 Å². The quantitative estimate of drug-likeness (QED) is 0.859. The molecule has 0 aliphatic carbocycles. The molecule has 1 fully saturated rings. The number of rotatable bonds is 3. The summed E-state index contributed by atoms with van der Waals surface area (Å²) in [6, 6.07) is 3.54. The largest absolute Gasteiger partial charge is 0.467 e. The molecule has 1 aromatic heterocycles. The fourth-order valence-electron chi connectivity index (χ4n) is 2.25. The predicted molar refractivity (Wildman–Crippen MR) is 69.4 cm³/mol. The van der Waals surface area contributed by atoms with E-state index in [1.807, 2.05) is 6.07 Å². The van der Waals surface area contributed by atoms with Crippen LogP contribution in [0.15, 0.2) is 22.8 Å². The summed E-state index contributed by atoms with van der Waals surface area (Å²) >= 11 is 0. The molecule has 3 amide bonds. The zero-order valence-electron chi connectivity index (χ0n) is 11.0. The highest BCUT2D eigenvalue weighted by atomic mass is 16.3. The minimum absolute atomic E-state index is 0.0529. The Kier molecular flexibility index (Phi) is 4.43. The number of nitrogens with zero attached hydrogens (tertiary/aromatic N) is 1. The van der Waals surface area contributed by atoms with Crippen LogP contribution in [0.1, 0.15) is 25.5 Å². The number of nitrogens with one attached hydrogen (secondary N) is 2. The normalized spacial score (nSPS) is 19.0. The summed E-state index contributed by atoms with van der Waals surface area (Å²) in [5.74, 6) is 0.673. The number of amides is 3. The van der Waals surface area contributed by atoms with Gasteiger partial charge in [-0.25, -0.2) is 4.79 Å². The van der Waals surface area contributed by atoms with Gasteiger partial charge in [0.25, 0.3) is 0 Å². The summed E-state index contributed by atoms with van der Waals surface area (Å²) in [5.41, 5.74) is 0. The monoisotopic (exact) mass is 265 g/mol. The number of furan rings is 1. The molecule has 2 rings (SSSR count). The van der Waals surface area contributed by atoms with E-state index in [0.29, 0.717) is 13.1 Å². The van der Waals surface area contributed by atoms with Crippen molar-refractivity contribution >= 4 is 11.9 Å². The third-order valence-electron chi connectivity index (χ3n) is 3.11. The Balaban J connectivity index is 1.79. The predicted octanol–water partition coefficient (Wildman–Crippen LogP) is 1.09. The van der Waals surface area contributed by atoms with E-state index in [2.05, 4.69) is 10.6 Å². The van der Waals surface area contributed by atoms with Crippen molar-refractivity contribution in [2.45, 2.75) is 32.4 Å². The average molecular weight is 265 g/mol. The van der Waals surface area contributed by atoms with E-state index in [4.69, 9.17) is 4.42 Å². The second-order valence-corrected chi connectivity index (χ2v) is 4.72. The first-order valence-electron chi connectivity index (χ1n) is 6.47. The summed E-state index contributed by atoms with van der Waals surface area (Å²) in [5, 5.41) is 5.67. The van der Waals surface area contributed by atoms with Crippen LogP contribution in [-0.2, 0) is 11.3 Å². The van der Waals surface area contributed by atoms with Crippen LogP contribution >= 0.6 is 0 Å². The Morgan fingerprint density at radius 2 is 2.37 bits per heavy atom. The molecule has 2 N–H and O–H groups in total. The molecule has 0 aromatic carbocycles. The van der Waals surface area contributed by atoms with Crippen LogP contribution in [0.4, 0.5) is 4.79 Å². The lowest BCUT2D eigenvalue weighted by Crippen LogP contribution is -2.51. The maximum absolute atomic E-state index is 12.0. The molecule has 1 aliphatic rings. The van der Waals surface area contributed by atoms with E-state index in [-0.39, 0.29) is 18.0 Å². The van der Waals surface area contributed by atoms with E-state index in [0.717, 1.165) is 25.1 Å². The number of carbonyl (C=O) groups is 2. The molecular formula is C13H19N3O3. The molecule has 1 atom stereocenters. The third kappa shape index (κ3) is 4.01. The van der Waals surface area contributed by atoms with Crippen molar-refractivity contribution in [2.24, 2.45) is 0 Å². The molecule has 0 saturated carbocycles. The number of likely N-dealkylation sites (tertiary alicyclic amines) is 1. The Morgan fingerprint density at radius 1 is 1.53 bits per heavy atom. The van der Waals surface area contributed by atoms with Crippen LogP contribution < -0.4 is 10.6 Å². The maximum Gasteiger partial charge on any atom is 0.317 e. The molecule has 19 heavy (non-hydrogen) atoms. The summed E-state index contributed by atoms with van der Waals surface area (Å²) in [6.45, 7) is 3.16. The summed E-state index contributed by atoms with van der Waals surface area (Å²) < 4.78 is 5.15.